The van der Waals surface area contributed by atoms with E-state index in [1.165, 1.54) is 24.0 Å². The fraction of sp³-hybridized carbons (Fsp3) is 0.368. The van der Waals surface area contributed by atoms with Gasteiger partial charge in [0.05, 0.1) is 6.61 Å². The second-order valence-corrected chi connectivity index (χ2v) is 6.13. The molecule has 22 heavy (non-hydrogen) atoms. The van der Waals surface area contributed by atoms with Gasteiger partial charge in [-0.2, -0.15) is 0 Å². The van der Waals surface area contributed by atoms with E-state index in [-0.39, 0.29) is 6.04 Å². The summed E-state index contributed by atoms with van der Waals surface area (Å²) in [6, 6.07) is 16.6. The lowest BCUT2D eigenvalue weighted by atomic mass is 9.99. The van der Waals surface area contributed by atoms with Crippen molar-refractivity contribution in [3.8, 4) is 5.75 Å². The Morgan fingerprint density at radius 1 is 1.05 bits per heavy atom. The zero-order valence-electron chi connectivity index (χ0n) is 12.9. The summed E-state index contributed by atoms with van der Waals surface area (Å²) in [6.07, 6.45) is 3.46. The first kappa shape index (κ1) is 15.1. The zero-order valence-corrected chi connectivity index (χ0v) is 12.9. The van der Waals surface area contributed by atoms with Gasteiger partial charge in [-0.25, -0.2) is 0 Å². The van der Waals surface area contributed by atoms with Gasteiger partial charge in [0, 0.05) is 18.2 Å². The van der Waals surface area contributed by atoms with E-state index in [0.717, 1.165) is 30.3 Å². The van der Waals surface area contributed by atoms with Gasteiger partial charge in [0.2, 0.25) is 0 Å². The van der Waals surface area contributed by atoms with Crippen LogP contribution in [0.25, 0.3) is 0 Å². The van der Waals surface area contributed by atoms with E-state index >= 15 is 0 Å². The molecule has 0 amide bonds. The van der Waals surface area contributed by atoms with Crippen molar-refractivity contribution in [2.75, 3.05) is 13.2 Å². The minimum absolute atomic E-state index is 0.176. The molecule has 4 N–H and O–H groups in total. The van der Waals surface area contributed by atoms with Crippen molar-refractivity contribution in [2.24, 2.45) is 17.4 Å². The molecule has 0 saturated heterocycles. The molecule has 1 aliphatic rings. The van der Waals surface area contributed by atoms with Crippen molar-refractivity contribution in [2.45, 2.75) is 25.3 Å². The second-order valence-electron chi connectivity index (χ2n) is 6.13. The smallest absolute Gasteiger partial charge is 0.124 e. The predicted octanol–water partition coefficient (Wildman–Crippen LogP) is 3.02. The molecule has 1 atom stereocenters. The molecule has 1 fully saturated rings. The monoisotopic (exact) mass is 296 g/mol. The van der Waals surface area contributed by atoms with Crippen molar-refractivity contribution in [3.63, 3.8) is 0 Å². The molecule has 0 bridgehead atoms. The molecule has 1 saturated carbocycles. The van der Waals surface area contributed by atoms with Crippen molar-refractivity contribution in [3.05, 3.63) is 65.2 Å². The van der Waals surface area contributed by atoms with Crippen LogP contribution in [0.2, 0.25) is 0 Å². The first-order valence-corrected chi connectivity index (χ1v) is 8.01. The molecule has 3 heteroatoms. The molecule has 2 aromatic carbocycles. The summed E-state index contributed by atoms with van der Waals surface area (Å²) >= 11 is 0. The fourth-order valence-corrected chi connectivity index (χ4v) is 2.58. The minimum atomic E-state index is -0.176. The van der Waals surface area contributed by atoms with Crippen LogP contribution in [0.15, 0.2) is 48.5 Å². The van der Waals surface area contributed by atoms with Crippen LogP contribution in [0.1, 0.15) is 35.6 Å². The van der Waals surface area contributed by atoms with Crippen LogP contribution in [0.5, 0.6) is 5.75 Å². The summed E-state index contributed by atoms with van der Waals surface area (Å²) in [6.45, 7) is 1.22. The molecule has 3 nitrogen and oxygen atoms in total. The molecule has 2 aromatic rings. The molecular weight excluding hydrogens is 272 g/mol. The SMILES string of the molecule is NCC(N)c1cc(Cc2ccccc2)ccc1OCC1CC1. The predicted molar refractivity (Wildman–Crippen MR) is 89.9 cm³/mol. The highest BCUT2D eigenvalue weighted by Crippen LogP contribution is 2.32. The highest BCUT2D eigenvalue weighted by molar-refractivity contribution is 5.41. The Bertz CT molecular complexity index is 608. The van der Waals surface area contributed by atoms with Gasteiger partial charge in [-0.05, 0) is 42.4 Å². The summed E-state index contributed by atoms with van der Waals surface area (Å²) in [7, 11) is 0. The third-order valence-electron chi connectivity index (χ3n) is 4.15. The molecule has 0 radical (unpaired) electrons. The Morgan fingerprint density at radius 2 is 1.82 bits per heavy atom. The van der Waals surface area contributed by atoms with Crippen molar-refractivity contribution in [1.29, 1.82) is 0 Å². The number of hydrogen-bond acceptors (Lipinski definition) is 3. The second kappa shape index (κ2) is 6.95. The summed E-state index contributed by atoms with van der Waals surface area (Å²) in [5.41, 5.74) is 15.5. The van der Waals surface area contributed by atoms with E-state index in [2.05, 4.69) is 36.4 Å². The van der Waals surface area contributed by atoms with Gasteiger partial charge in [0.25, 0.3) is 0 Å². The van der Waals surface area contributed by atoms with E-state index in [1.807, 2.05) is 12.1 Å². The van der Waals surface area contributed by atoms with Gasteiger partial charge in [0.1, 0.15) is 5.75 Å². The van der Waals surface area contributed by atoms with Gasteiger partial charge in [-0.3, -0.25) is 0 Å². The van der Waals surface area contributed by atoms with Gasteiger partial charge in [-0.15, -0.1) is 0 Å². The van der Waals surface area contributed by atoms with E-state index in [4.69, 9.17) is 16.2 Å². The molecule has 0 spiro atoms. The summed E-state index contributed by atoms with van der Waals surface area (Å²) in [5, 5.41) is 0. The maximum Gasteiger partial charge on any atom is 0.124 e. The van der Waals surface area contributed by atoms with E-state index < -0.39 is 0 Å². The van der Waals surface area contributed by atoms with E-state index in [0.29, 0.717) is 6.54 Å². The van der Waals surface area contributed by atoms with Crippen LogP contribution in [-0.2, 0) is 6.42 Å². The van der Waals surface area contributed by atoms with Crippen LogP contribution < -0.4 is 16.2 Å². The van der Waals surface area contributed by atoms with Crippen LogP contribution in [-0.4, -0.2) is 13.2 Å². The minimum Gasteiger partial charge on any atom is -0.493 e. The Labute approximate surface area is 132 Å². The van der Waals surface area contributed by atoms with E-state index in [9.17, 15) is 0 Å². The summed E-state index contributed by atoms with van der Waals surface area (Å²) < 4.78 is 5.95. The summed E-state index contributed by atoms with van der Waals surface area (Å²) in [4.78, 5) is 0. The lowest BCUT2D eigenvalue weighted by Gasteiger charge is -2.17. The highest BCUT2D eigenvalue weighted by Gasteiger charge is 2.23. The van der Waals surface area contributed by atoms with Gasteiger partial charge in [0.15, 0.2) is 0 Å². The summed E-state index contributed by atoms with van der Waals surface area (Å²) in [5.74, 6) is 1.62. The van der Waals surface area contributed by atoms with Crippen molar-refractivity contribution < 1.29 is 4.74 Å². The van der Waals surface area contributed by atoms with E-state index in [1.54, 1.807) is 0 Å². The molecular formula is C19H24N2O. The fourth-order valence-electron chi connectivity index (χ4n) is 2.58. The maximum atomic E-state index is 6.17. The maximum absolute atomic E-state index is 6.17. The third kappa shape index (κ3) is 3.87. The average molecular weight is 296 g/mol. The molecule has 0 heterocycles. The lowest BCUT2D eigenvalue weighted by Crippen LogP contribution is -2.22. The number of ether oxygens (including phenoxy) is 1. The van der Waals surface area contributed by atoms with Crippen molar-refractivity contribution in [1.82, 2.24) is 0 Å². The van der Waals surface area contributed by atoms with Gasteiger partial charge >= 0.3 is 0 Å². The van der Waals surface area contributed by atoms with Crippen LogP contribution in [0.3, 0.4) is 0 Å². The Kier molecular flexibility index (Phi) is 4.76. The lowest BCUT2D eigenvalue weighted by molar-refractivity contribution is 0.295. The first-order valence-electron chi connectivity index (χ1n) is 8.01. The molecule has 1 unspecified atom stereocenters. The first-order chi connectivity index (χ1) is 10.8. The third-order valence-corrected chi connectivity index (χ3v) is 4.15. The molecule has 0 aromatic heterocycles. The standard InChI is InChI=1S/C19H24N2O/c20-12-18(21)17-11-16(10-14-4-2-1-3-5-14)8-9-19(17)22-13-15-6-7-15/h1-5,8-9,11,15,18H,6-7,10,12-13,20-21H2. The Morgan fingerprint density at radius 3 is 2.50 bits per heavy atom. The molecule has 116 valence electrons. The number of benzene rings is 2. The topological polar surface area (TPSA) is 61.3 Å². The number of nitrogens with two attached hydrogens (primary N) is 2. The normalized spacial score (nSPS) is 15.5. The largest absolute Gasteiger partial charge is 0.493 e. The highest BCUT2D eigenvalue weighted by atomic mass is 16.5. The number of rotatable bonds is 7. The molecule has 1 aliphatic carbocycles. The van der Waals surface area contributed by atoms with Crippen LogP contribution >= 0.6 is 0 Å². The molecule has 0 aliphatic heterocycles. The Balaban J connectivity index is 1.79. The van der Waals surface area contributed by atoms with Crippen LogP contribution in [0, 0.1) is 5.92 Å². The quantitative estimate of drug-likeness (QED) is 0.825. The van der Waals surface area contributed by atoms with Gasteiger partial charge < -0.3 is 16.2 Å². The zero-order chi connectivity index (χ0) is 15.4. The van der Waals surface area contributed by atoms with Crippen LogP contribution in [0.4, 0.5) is 0 Å². The molecule has 3 rings (SSSR count). The number of hydrogen-bond donors (Lipinski definition) is 2. The average Bonchev–Trinajstić information content (AvgIpc) is 3.38. The Hall–Kier alpha value is -1.84. The van der Waals surface area contributed by atoms with Gasteiger partial charge in [-0.1, -0.05) is 42.5 Å². The van der Waals surface area contributed by atoms with Crippen molar-refractivity contribution >= 4 is 0 Å².